The third-order valence-electron chi connectivity index (χ3n) is 5.95. The van der Waals surface area contributed by atoms with Crippen molar-refractivity contribution in [1.82, 2.24) is 9.88 Å². The van der Waals surface area contributed by atoms with Crippen molar-refractivity contribution in [1.29, 1.82) is 0 Å². The lowest BCUT2D eigenvalue weighted by molar-refractivity contribution is -0.121. The number of hydrogen-bond donors (Lipinski definition) is 1. The van der Waals surface area contributed by atoms with Crippen LogP contribution in [0.1, 0.15) is 52.1 Å². The summed E-state index contributed by atoms with van der Waals surface area (Å²) in [5.74, 6) is 0.176. The molecular formula is C23H28N2O3. The highest BCUT2D eigenvalue weighted by Gasteiger charge is 2.29. The van der Waals surface area contributed by atoms with E-state index in [1.54, 1.807) is 0 Å². The van der Waals surface area contributed by atoms with Crippen molar-refractivity contribution in [3.8, 4) is 0 Å². The first-order chi connectivity index (χ1) is 13.6. The van der Waals surface area contributed by atoms with Gasteiger partial charge in [-0.3, -0.25) is 9.59 Å². The van der Waals surface area contributed by atoms with Gasteiger partial charge < -0.3 is 14.6 Å². The summed E-state index contributed by atoms with van der Waals surface area (Å²) >= 11 is 0. The fraction of sp³-hybridized carbons (Fsp3) is 0.478. The maximum Gasteiger partial charge on any atom is 0.224 e. The van der Waals surface area contributed by atoms with E-state index in [9.17, 15) is 9.59 Å². The van der Waals surface area contributed by atoms with Gasteiger partial charge in [0, 0.05) is 36.5 Å². The molecule has 5 nitrogen and oxygen atoms in total. The molecule has 0 saturated carbocycles. The van der Waals surface area contributed by atoms with Crippen LogP contribution in [-0.2, 0) is 35.3 Å². The number of rotatable bonds is 6. The summed E-state index contributed by atoms with van der Waals surface area (Å²) in [6.07, 6.45) is 4.44. The molecule has 2 aliphatic rings. The second-order valence-corrected chi connectivity index (χ2v) is 7.85. The number of nitrogens with zero attached hydrogens (tertiary/aromatic N) is 1. The number of fused-ring (bicyclic) bond motifs is 1. The molecular weight excluding hydrogens is 352 g/mol. The molecule has 1 unspecified atom stereocenters. The summed E-state index contributed by atoms with van der Waals surface area (Å²) < 4.78 is 7.62. The molecule has 1 aromatic carbocycles. The molecule has 1 aliphatic carbocycles. The smallest absolute Gasteiger partial charge is 0.224 e. The molecule has 1 aliphatic heterocycles. The number of aromatic nitrogens is 1. The maximum atomic E-state index is 12.7. The van der Waals surface area contributed by atoms with Crippen LogP contribution in [0, 0.1) is 6.92 Å². The lowest BCUT2D eigenvalue weighted by Crippen LogP contribution is -2.36. The highest BCUT2D eigenvalue weighted by Crippen LogP contribution is 2.30. The molecule has 4 rings (SSSR count). The van der Waals surface area contributed by atoms with Gasteiger partial charge in [0.15, 0.2) is 5.78 Å². The van der Waals surface area contributed by atoms with Gasteiger partial charge in [-0.2, -0.15) is 0 Å². The van der Waals surface area contributed by atoms with Crippen LogP contribution >= 0.6 is 0 Å². The van der Waals surface area contributed by atoms with Gasteiger partial charge in [0.1, 0.15) is 0 Å². The first kappa shape index (κ1) is 18.9. The van der Waals surface area contributed by atoms with Crippen molar-refractivity contribution in [2.45, 2.75) is 58.0 Å². The van der Waals surface area contributed by atoms with E-state index in [-0.39, 0.29) is 24.2 Å². The number of aryl methyl sites for hydroxylation is 1. The van der Waals surface area contributed by atoms with Crippen molar-refractivity contribution in [2.75, 3.05) is 13.2 Å². The van der Waals surface area contributed by atoms with Crippen molar-refractivity contribution in [3.63, 3.8) is 0 Å². The number of Topliss-reactive ketones (excluding diaryl/α,β-unsaturated/α-hetero) is 1. The molecule has 28 heavy (non-hydrogen) atoms. The maximum absolute atomic E-state index is 12.7. The van der Waals surface area contributed by atoms with Crippen LogP contribution in [0.2, 0.25) is 0 Å². The standard InChI is InChI=1S/C23H28N2O3/c1-16-19(14-22(27)24-18-11-13-28-15-18)23-20(8-5-9-21(23)26)25(16)12-10-17-6-3-2-4-7-17/h2-4,6-7,18H,5,8-15H2,1H3,(H,24,27). The zero-order valence-electron chi connectivity index (χ0n) is 16.5. The first-order valence-corrected chi connectivity index (χ1v) is 10.3. The Morgan fingerprint density at radius 1 is 1.25 bits per heavy atom. The minimum absolute atomic E-state index is 0.0139. The number of ether oxygens (including phenoxy) is 1. The number of benzene rings is 1. The van der Waals surface area contributed by atoms with Gasteiger partial charge in [-0.15, -0.1) is 0 Å². The van der Waals surface area contributed by atoms with Crippen LogP contribution in [0.3, 0.4) is 0 Å². The van der Waals surface area contributed by atoms with E-state index in [0.717, 1.165) is 54.7 Å². The third-order valence-corrected chi connectivity index (χ3v) is 5.95. The van der Waals surface area contributed by atoms with E-state index in [4.69, 9.17) is 4.74 Å². The number of amides is 1. The molecule has 1 amide bonds. The predicted molar refractivity (Wildman–Crippen MR) is 108 cm³/mol. The summed E-state index contributed by atoms with van der Waals surface area (Å²) in [4.78, 5) is 25.3. The molecule has 1 saturated heterocycles. The van der Waals surface area contributed by atoms with Gasteiger partial charge in [-0.25, -0.2) is 0 Å². The highest BCUT2D eigenvalue weighted by atomic mass is 16.5. The Balaban J connectivity index is 1.57. The monoisotopic (exact) mass is 380 g/mol. The Kier molecular flexibility index (Phi) is 5.62. The third kappa shape index (κ3) is 3.90. The topological polar surface area (TPSA) is 60.3 Å². The van der Waals surface area contributed by atoms with Gasteiger partial charge in [-0.05, 0) is 43.7 Å². The zero-order valence-corrected chi connectivity index (χ0v) is 16.5. The predicted octanol–water partition coefficient (Wildman–Crippen LogP) is 3.01. The minimum Gasteiger partial charge on any atom is -0.379 e. The molecule has 0 radical (unpaired) electrons. The van der Waals surface area contributed by atoms with Crippen molar-refractivity contribution >= 4 is 11.7 Å². The quantitative estimate of drug-likeness (QED) is 0.838. The second-order valence-electron chi connectivity index (χ2n) is 7.85. The Hall–Kier alpha value is -2.40. The molecule has 2 heterocycles. The van der Waals surface area contributed by atoms with Gasteiger partial charge in [0.2, 0.25) is 5.91 Å². The largest absolute Gasteiger partial charge is 0.379 e. The first-order valence-electron chi connectivity index (χ1n) is 10.3. The summed E-state index contributed by atoms with van der Waals surface area (Å²) in [5.41, 5.74) is 5.21. The summed E-state index contributed by atoms with van der Waals surface area (Å²) in [6.45, 7) is 4.18. The number of nitrogens with one attached hydrogen (secondary N) is 1. The van der Waals surface area contributed by atoms with Gasteiger partial charge >= 0.3 is 0 Å². The van der Waals surface area contributed by atoms with Crippen molar-refractivity contribution < 1.29 is 14.3 Å². The number of hydrogen-bond acceptors (Lipinski definition) is 3. The number of ketones is 1. The lowest BCUT2D eigenvalue weighted by Gasteiger charge is -2.16. The van der Waals surface area contributed by atoms with E-state index in [1.165, 1.54) is 5.56 Å². The Labute approximate surface area is 166 Å². The highest BCUT2D eigenvalue weighted by molar-refractivity contribution is 6.01. The molecule has 148 valence electrons. The molecule has 5 heteroatoms. The summed E-state index contributed by atoms with van der Waals surface area (Å²) in [6, 6.07) is 10.5. The molecule has 1 N–H and O–H groups in total. The number of carbonyl (C=O) groups is 2. The van der Waals surface area contributed by atoms with Gasteiger partial charge in [-0.1, -0.05) is 30.3 Å². The Morgan fingerprint density at radius 2 is 2.07 bits per heavy atom. The van der Waals surface area contributed by atoms with E-state index >= 15 is 0 Å². The van der Waals surface area contributed by atoms with Crippen LogP contribution in [0.15, 0.2) is 30.3 Å². The normalized spacial score (nSPS) is 18.9. The van der Waals surface area contributed by atoms with Crippen LogP contribution < -0.4 is 5.32 Å². The van der Waals surface area contributed by atoms with Crippen molar-refractivity contribution in [2.24, 2.45) is 0 Å². The average molecular weight is 380 g/mol. The fourth-order valence-corrected chi connectivity index (χ4v) is 4.48. The van der Waals surface area contributed by atoms with E-state index in [2.05, 4.69) is 41.1 Å². The van der Waals surface area contributed by atoms with Crippen LogP contribution in [-0.4, -0.2) is 35.5 Å². The zero-order chi connectivity index (χ0) is 19.5. The summed E-state index contributed by atoms with van der Waals surface area (Å²) in [5, 5.41) is 3.06. The molecule has 2 aromatic rings. The molecule has 0 spiro atoms. The molecule has 1 aromatic heterocycles. The second kappa shape index (κ2) is 8.31. The van der Waals surface area contributed by atoms with E-state index in [1.807, 2.05) is 6.07 Å². The average Bonchev–Trinajstić information content (AvgIpc) is 3.29. The van der Waals surface area contributed by atoms with E-state index in [0.29, 0.717) is 19.6 Å². The fourth-order valence-electron chi connectivity index (χ4n) is 4.48. The SMILES string of the molecule is Cc1c(CC(=O)NC2CCOC2)c2c(n1CCc1ccccc1)CCCC2=O. The van der Waals surface area contributed by atoms with Gasteiger partial charge in [0.05, 0.1) is 19.1 Å². The van der Waals surface area contributed by atoms with Crippen LogP contribution in [0.5, 0.6) is 0 Å². The minimum atomic E-state index is -0.0139. The van der Waals surface area contributed by atoms with Crippen molar-refractivity contribution in [3.05, 3.63) is 58.4 Å². The Bertz CT molecular complexity index is 864. The number of carbonyl (C=O) groups excluding carboxylic acids is 2. The van der Waals surface area contributed by atoms with E-state index < -0.39 is 0 Å². The van der Waals surface area contributed by atoms with Crippen LogP contribution in [0.4, 0.5) is 0 Å². The van der Waals surface area contributed by atoms with Crippen LogP contribution in [0.25, 0.3) is 0 Å². The molecule has 1 atom stereocenters. The lowest BCUT2D eigenvalue weighted by atomic mass is 9.92. The van der Waals surface area contributed by atoms with Gasteiger partial charge in [0.25, 0.3) is 0 Å². The molecule has 0 bridgehead atoms. The molecule has 1 fully saturated rings. The Morgan fingerprint density at radius 3 is 2.82 bits per heavy atom. The summed E-state index contributed by atoms with van der Waals surface area (Å²) in [7, 11) is 0.